The highest BCUT2D eigenvalue weighted by Gasteiger charge is 2.24. The fourth-order valence-electron chi connectivity index (χ4n) is 2.42. The third kappa shape index (κ3) is 3.32. The summed E-state index contributed by atoms with van der Waals surface area (Å²) in [4.78, 5) is 17.2. The van der Waals surface area contributed by atoms with Gasteiger partial charge < -0.3 is 9.52 Å². The van der Waals surface area contributed by atoms with Crippen LogP contribution < -0.4 is 0 Å². The monoisotopic (exact) mass is 252 g/mol. The van der Waals surface area contributed by atoms with Gasteiger partial charge in [0.25, 0.3) is 0 Å². The number of aromatic nitrogens is 1. The first kappa shape index (κ1) is 13.1. The summed E-state index contributed by atoms with van der Waals surface area (Å²) in [5.74, 6) is 1.45. The van der Waals surface area contributed by atoms with Gasteiger partial charge in [-0.25, -0.2) is 4.98 Å². The summed E-state index contributed by atoms with van der Waals surface area (Å²) in [5.41, 5.74) is 0.951. The number of likely N-dealkylation sites (tertiary alicyclic amines) is 1. The molecule has 1 aliphatic rings. The van der Waals surface area contributed by atoms with Gasteiger partial charge in [-0.3, -0.25) is 9.69 Å². The smallest absolute Gasteiger partial charge is 0.303 e. The van der Waals surface area contributed by atoms with Crippen LogP contribution in [0.25, 0.3) is 0 Å². The molecule has 5 heteroatoms. The first-order valence-electron chi connectivity index (χ1n) is 6.41. The zero-order valence-corrected chi connectivity index (χ0v) is 11.0. The molecular formula is C13H20N2O3. The number of carbonyl (C=O) groups is 1. The first-order chi connectivity index (χ1) is 8.54. The zero-order valence-electron chi connectivity index (χ0n) is 11.0. The van der Waals surface area contributed by atoms with E-state index in [-0.39, 0.29) is 6.42 Å². The number of hydrogen-bond acceptors (Lipinski definition) is 4. The largest absolute Gasteiger partial charge is 0.481 e. The quantitative estimate of drug-likeness (QED) is 0.868. The van der Waals surface area contributed by atoms with Crippen LogP contribution >= 0.6 is 0 Å². The second kappa shape index (κ2) is 5.52. The summed E-state index contributed by atoms with van der Waals surface area (Å²) >= 11 is 0. The van der Waals surface area contributed by atoms with E-state index in [0.717, 1.165) is 49.8 Å². The van der Waals surface area contributed by atoms with Crippen LogP contribution in [-0.4, -0.2) is 34.0 Å². The van der Waals surface area contributed by atoms with Crippen molar-refractivity contribution in [3.05, 3.63) is 17.3 Å². The minimum absolute atomic E-state index is 0.274. The van der Waals surface area contributed by atoms with Crippen LogP contribution in [0.15, 0.2) is 4.42 Å². The Bertz CT molecular complexity index is 408. The van der Waals surface area contributed by atoms with Crippen LogP contribution in [0.5, 0.6) is 0 Å². The summed E-state index contributed by atoms with van der Waals surface area (Å²) in [6.07, 6.45) is 2.12. The number of hydrogen-bond donors (Lipinski definition) is 1. The molecule has 1 aromatic heterocycles. The van der Waals surface area contributed by atoms with Gasteiger partial charge in [0.05, 0.1) is 12.2 Å². The maximum atomic E-state index is 10.5. The lowest BCUT2D eigenvalue weighted by Crippen LogP contribution is -2.20. The molecule has 0 aromatic carbocycles. The van der Waals surface area contributed by atoms with Gasteiger partial charge in [0.2, 0.25) is 5.89 Å². The predicted octanol–water partition coefficient (Wildman–Crippen LogP) is 1.98. The van der Waals surface area contributed by atoms with Crippen molar-refractivity contribution in [2.45, 2.75) is 39.7 Å². The van der Waals surface area contributed by atoms with Gasteiger partial charge in [0.1, 0.15) is 5.76 Å². The summed E-state index contributed by atoms with van der Waals surface area (Å²) in [5, 5.41) is 8.67. The van der Waals surface area contributed by atoms with Gasteiger partial charge in [-0.1, -0.05) is 0 Å². The van der Waals surface area contributed by atoms with E-state index in [9.17, 15) is 4.79 Å². The molecule has 1 N–H and O–H groups in total. The van der Waals surface area contributed by atoms with Crippen LogP contribution in [0.2, 0.25) is 0 Å². The molecule has 0 saturated carbocycles. The Hall–Kier alpha value is -1.36. The summed E-state index contributed by atoms with van der Waals surface area (Å²) in [6, 6.07) is 0. The van der Waals surface area contributed by atoms with Crippen molar-refractivity contribution in [3.8, 4) is 0 Å². The van der Waals surface area contributed by atoms with Crippen molar-refractivity contribution in [1.82, 2.24) is 9.88 Å². The molecule has 0 bridgehead atoms. The molecule has 5 nitrogen and oxygen atoms in total. The van der Waals surface area contributed by atoms with E-state index in [1.807, 2.05) is 13.8 Å². The highest BCUT2D eigenvalue weighted by Crippen LogP contribution is 2.23. The molecule has 100 valence electrons. The Kier molecular flexibility index (Phi) is 4.01. The van der Waals surface area contributed by atoms with Gasteiger partial charge in [-0.05, 0) is 39.2 Å². The molecule has 1 atom stereocenters. The lowest BCUT2D eigenvalue weighted by Gasteiger charge is -2.13. The van der Waals surface area contributed by atoms with E-state index < -0.39 is 5.97 Å². The summed E-state index contributed by atoms with van der Waals surface area (Å²) in [7, 11) is 0. The second-order valence-corrected chi connectivity index (χ2v) is 5.07. The molecule has 1 unspecified atom stereocenters. The number of carboxylic acids is 1. The minimum Gasteiger partial charge on any atom is -0.481 e. The topological polar surface area (TPSA) is 66.6 Å². The van der Waals surface area contributed by atoms with Gasteiger partial charge in [-0.2, -0.15) is 0 Å². The molecular weight excluding hydrogens is 232 g/mol. The van der Waals surface area contributed by atoms with Crippen LogP contribution in [0, 0.1) is 19.8 Å². The average molecular weight is 252 g/mol. The molecule has 0 aliphatic carbocycles. The van der Waals surface area contributed by atoms with E-state index in [1.165, 1.54) is 0 Å². The van der Waals surface area contributed by atoms with Crippen molar-refractivity contribution >= 4 is 5.97 Å². The van der Waals surface area contributed by atoms with E-state index in [4.69, 9.17) is 9.52 Å². The standard InChI is InChI=1S/C13H20N2O3/c1-9-10(2)18-12(14-9)8-15-6-5-11(7-15)3-4-13(16)17/h11H,3-8H2,1-2H3,(H,16,17). The van der Waals surface area contributed by atoms with Crippen LogP contribution in [0.1, 0.15) is 36.6 Å². The van der Waals surface area contributed by atoms with E-state index in [2.05, 4.69) is 9.88 Å². The molecule has 0 spiro atoms. The molecule has 1 saturated heterocycles. The Morgan fingerprint density at radius 1 is 1.56 bits per heavy atom. The van der Waals surface area contributed by atoms with E-state index in [0.29, 0.717) is 5.92 Å². The zero-order chi connectivity index (χ0) is 13.1. The van der Waals surface area contributed by atoms with Crippen molar-refractivity contribution < 1.29 is 14.3 Å². The highest BCUT2D eigenvalue weighted by atomic mass is 16.4. The maximum absolute atomic E-state index is 10.5. The number of rotatable bonds is 5. The molecule has 0 amide bonds. The lowest BCUT2D eigenvalue weighted by molar-refractivity contribution is -0.137. The lowest BCUT2D eigenvalue weighted by atomic mass is 10.0. The normalized spacial score (nSPS) is 20.4. The number of carboxylic acid groups (broad SMARTS) is 1. The molecule has 2 rings (SSSR count). The van der Waals surface area contributed by atoms with E-state index >= 15 is 0 Å². The number of aliphatic carboxylic acids is 1. The van der Waals surface area contributed by atoms with Gasteiger partial charge in [0.15, 0.2) is 0 Å². The van der Waals surface area contributed by atoms with Gasteiger partial charge >= 0.3 is 5.97 Å². The average Bonchev–Trinajstić information content (AvgIpc) is 2.85. The Balaban J connectivity index is 1.80. The third-order valence-electron chi connectivity index (χ3n) is 3.57. The molecule has 18 heavy (non-hydrogen) atoms. The fourth-order valence-corrected chi connectivity index (χ4v) is 2.42. The first-order valence-corrected chi connectivity index (χ1v) is 6.41. The van der Waals surface area contributed by atoms with E-state index in [1.54, 1.807) is 0 Å². The summed E-state index contributed by atoms with van der Waals surface area (Å²) in [6.45, 7) is 6.56. The summed E-state index contributed by atoms with van der Waals surface area (Å²) < 4.78 is 5.56. The van der Waals surface area contributed by atoms with Crippen LogP contribution in [0.3, 0.4) is 0 Å². The van der Waals surface area contributed by atoms with Crippen LogP contribution in [0.4, 0.5) is 0 Å². The number of aryl methyl sites for hydroxylation is 2. The fraction of sp³-hybridized carbons (Fsp3) is 0.692. The molecule has 1 fully saturated rings. The van der Waals surface area contributed by atoms with Crippen molar-refractivity contribution in [2.24, 2.45) is 5.92 Å². The second-order valence-electron chi connectivity index (χ2n) is 5.07. The predicted molar refractivity (Wildman–Crippen MR) is 66.2 cm³/mol. The van der Waals surface area contributed by atoms with Crippen LogP contribution in [-0.2, 0) is 11.3 Å². The molecule has 2 heterocycles. The maximum Gasteiger partial charge on any atom is 0.303 e. The van der Waals surface area contributed by atoms with Crippen molar-refractivity contribution in [3.63, 3.8) is 0 Å². The van der Waals surface area contributed by atoms with Gasteiger partial charge in [-0.15, -0.1) is 0 Å². The van der Waals surface area contributed by atoms with Crippen molar-refractivity contribution in [1.29, 1.82) is 0 Å². The molecule has 1 aromatic rings. The minimum atomic E-state index is -0.701. The molecule has 1 aliphatic heterocycles. The SMILES string of the molecule is Cc1nc(CN2CCC(CCC(=O)O)C2)oc1C. The van der Waals surface area contributed by atoms with Crippen molar-refractivity contribution in [2.75, 3.05) is 13.1 Å². The Morgan fingerprint density at radius 3 is 2.94 bits per heavy atom. The Labute approximate surface area is 107 Å². The van der Waals surface area contributed by atoms with Gasteiger partial charge in [0, 0.05) is 13.0 Å². The highest BCUT2D eigenvalue weighted by molar-refractivity contribution is 5.66. The number of oxazole rings is 1. The Morgan fingerprint density at radius 2 is 2.33 bits per heavy atom. The third-order valence-corrected chi connectivity index (χ3v) is 3.57. The molecule has 0 radical (unpaired) electrons. The number of nitrogens with zero attached hydrogens (tertiary/aromatic N) is 2.